The Morgan fingerprint density at radius 3 is 2.50 bits per heavy atom. The van der Waals surface area contributed by atoms with Crippen molar-refractivity contribution in [3.63, 3.8) is 0 Å². The SMILES string of the molecule is CCCCCCCCOC(=O)c1cc2c([nH]c3ccccc32)c(-c2ccc3c(n2)C(=O)C(NC(C)=O)=CC3=O)n1. The predicted molar refractivity (Wildman–Crippen MR) is 151 cm³/mol. The van der Waals surface area contributed by atoms with E-state index in [2.05, 4.69) is 27.2 Å². The molecule has 0 radical (unpaired) electrons. The fourth-order valence-corrected chi connectivity index (χ4v) is 4.90. The Morgan fingerprint density at radius 2 is 1.70 bits per heavy atom. The summed E-state index contributed by atoms with van der Waals surface area (Å²) in [6.07, 6.45) is 7.55. The number of ether oxygens (including phenoxy) is 1. The van der Waals surface area contributed by atoms with Crippen LogP contribution in [0, 0.1) is 0 Å². The lowest BCUT2D eigenvalue weighted by Crippen LogP contribution is -2.30. The lowest BCUT2D eigenvalue weighted by molar-refractivity contribution is -0.118. The first-order valence-electron chi connectivity index (χ1n) is 13.6. The second-order valence-corrected chi connectivity index (χ2v) is 9.88. The van der Waals surface area contributed by atoms with Crippen molar-refractivity contribution in [2.75, 3.05) is 6.61 Å². The molecule has 9 heteroatoms. The number of esters is 1. The molecule has 0 fully saturated rings. The van der Waals surface area contributed by atoms with Crippen LogP contribution in [0.15, 0.2) is 54.2 Å². The molecule has 204 valence electrons. The number of ketones is 2. The van der Waals surface area contributed by atoms with Crippen molar-refractivity contribution in [1.82, 2.24) is 20.3 Å². The fraction of sp³-hybridized carbons (Fsp3) is 0.290. The first kappa shape index (κ1) is 26.9. The van der Waals surface area contributed by atoms with Crippen molar-refractivity contribution in [3.8, 4) is 11.4 Å². The van der Waals surface area contributed by atoms with Gasteiger partial charge < -0.3 is 15.0 Å². The van der Waals surface area contributed by atoms with Gasteiger partial charge in [0.2, 0.25) is 11.7 Å². The Morgan fingerprint density at radius 1 is 0.925 bits per heavy atom. The quantitative estimate of drug-likeness (QED) is 0.196. The molecule has 4 aromatic rings. The van der Waals surface area contributed by atoms with Gasteiger partial charge in [-0.25, -0.2) is 14.8 Å². The number of carbonyl (C=O) groups excluding carboxylic acids is 4. The first-order chi connectivity index (χ1) is 19.4. The van der Waals surface area contributed by atoms with Crippen LogP contribution in [0.3, 0.4) is 0 Å². The molecular weight excluding hydrogens is 508 g/mol. The zero-order chi connectivity index (χ0) is 28.2. The smallest absolute Gasteiger partial charge is 0.356 e. The number of H-pyrrole nitrogens is 1. The van der Waals surface area contributed by atoms with Crippen LogP contribution in [0.1, 0.15) is 83.7 Å². The maximum Gasteiger partial charge on any atom is 0.356 e. The van der Waals surface area contributed by atoms with Gasteiger partial charge in [-0.2, -0.15) is 0 Å². The Balaban J connectivity index is 1.51. The van der Waals surface area contributed by atoms with E-state index in [4.69, 9.17) is 4.74 Å². The van der Waals surface area contributed by atoms with Gasteiger partial charge >= 0.3 is 5.97 Å². The molecule has 1 aromatic carbocycles. The largest absolute Gasteiger partial charge is 0.461 e. The van der Waals surface area contributed by atoms with Gasteiger partial charge in [0.15, 0.2) is 5.78 Å². The zero-order valence-electron chi connectivity index (χ0n) is 22.5. The van der Waals surface area contributed by atoms with Crippen LogP contribution in [-0.4, -0.2) is 45.0 Å². The summed E-state index contributed by atoms with van der Waals surface area (Å²) >= 11 is 0. The third-order valence-corrected chi connectivity index (χ3v) is 6.89. The second-order valence-electron chi connectivity index (χ2n) is 9.88. The second kappa shape index (κ2) is 11.6. The molecule has 0 saturated carbocycles. The molecule has 0 aliphatic heterocycles. The van der Waals surface area contributed by atoms with Crippen molar-refractivity contribution in [2.45, 2.75) is 52.4 Å². The molecule has 40 heavy (non-hydrogen) atoms. The number of aromatic amines is 1. The lowest BCUT2D eigenvalue weighted by Gasteiger charge is -2.15. The molecule has 0 bridgehead atoms. The van der Waals surface area contributed by atoms with Crippen molar-refractivity contribution >= 4 is 45.2 Å². The number of hydrogen-bond donors (Lipinski definition) is 2. The topological polar surface area (TPSA) is 131 Å². The maximum atomic E-state index is 13.1. The van der Waals surface area contributed by atoms with Gasteiger partial charge in [-0.15, -0.1) is 0 Å². The summed E-state index contributed by atoms with van der Waals surface area (Å²) in [5, 5.41) is 4.05. The van der Waals surface area contributed by atoms with Crippen LogP contribution in [0.4, 0.5) is 0 Å². The lowest BCUT2D eigenvalue weighted by atomic mass is 9.96. The van der Waals surface area contributed by atoms with Crippen LogP contribution in [0.5, 0.6) is 0 Å². The summed E-state index contributed by atoms with van der Waals surface area (Å²) in [6.45, 7) is 3.73. The molecule has 3 aromatic heterocycles. The Labute approximate surface area is 231 Å². The van der Waals surface area contributed by atoms with Crippen LogP contribution >= 0.6 is 0 Å². The number of Topliss-reactive ketones (excluding diaryl/α,β-unsaturated/α-hetero) is 1. The van der Waals surface area contributed by atoms with Crippen LogP contribution < -0.4 is 5.32 Å². The molecule has 1 amide bonds. The Hall–Kier alpha value is -4.66. The minimum absolute atomic E-state index is 0.0872. The average Bonchev–Trinajstić information content (AvgIpc) is 3.33. The molecule has 1 aliphatic carbocycles. The van der Waals surface area contributed by atoms with Gasteiger partial charge in [0.1, 0.15) is 17.1 Å². The highest BCUT2D eigenvalue weighted by Gasteiger charge is 2.29. The number of nitrogens with zero attached hydrogens (tertiary/aromatic N) is 2. The van der Waals surface area contributed by atoms with Crippen LogP contribution in [0.2, 0.25) is 0 Å². The van der Waals surface area contributed by atoms with E-state index in [9.17, 15) is 19.2 Å². The van der Waals surface area contributed by atoms with Crippen molar-refractivity contribution in [1.29, 1.82) is 0 Å². The van der Waals surface area contributed by atoms with Crippen LogP contribution in [0.25, 0.3) is 33.2 Å². The highest BCUT2D eigenvalue weighted by molar-refractivity contribution is 6.24. The summed E-state index contributed by atoms with van der Waals surface area (Å²) in [6, 6.07) is 12.5. The summed E-state index contributed by atoms with van der Waals surface area (Å²) < 4.78 is 5.56. The van der Waals surface area contributed by atoms with Crippen LogP contribution in [-0.2, 0) is 9.53 Å². The predicted octanol–water partition coefficient (Wildman–Crippen LogP) is 5.69. The summed E-state index contributed by atoms with van der Waals surface area (Å²) in [4.78, 5) is 62.8. The standard InChI is InChI=1S/C31H30N4O5/c1-3-4-5-6-7-10-15-40-31(39)25-16-21-19-11-8-9-12-22(19)33-27(21)29(35-25)23-14-13-20-26(37)17-24(32-18(2)36)30(38)28(20)34-23/h8-9,11-14,16-17,33H,3-7,10,15H2,1-2H3,(H,32,36). The normalized spacial score (nSPS) is 12.9. The van der Waals surface area contributed by atoms with E-state index < -0.39 is 23.4 Å². The molecule has 5 rings (SSSR count). The molecule has 0 unspecified atom stereocenters. The molecule has 3 heterocycles. The minimum Gasteiger partial charge on any atom is -0.461 e. The third kappa shape index (κ3) is 5.40. The highest BCUT2D eigenvalue weighted by atomic mass is 16.5. The molecule has 0 atom stereocenters. The van der Waals surface area contributed by atoms with E-state index >= 15 is 0 Å². The molecule has 0 saturated heterocycles. The number of carbonyl (C=O) groups is 4. The number of rotatable bonds is 10. The van der Waals surface area contributed by atoms with E-state index in [1.54, 1.807) is 12.1 Å². The number of benzene rings is 1. The van der Waals surface area contributed by atoms with Gasteiger partial charge in [-0.1, -0.05) is 57.2 Å². The highest BCUT2D eigenvalue weighted by Crippen LogP contribution is 2.33. The number of unbranched alkanes of at least 4 members (excludes halogenated alkanes) is 5. The molecule has 1 aliphatic rings. The number of pyridine rings is 2. The van der Waals surface area contributed by atoms with Crippen molar-refractivity contribution in [3.05, 3.63) is 71.2 Å². The number of amides is 1. The van der Waals surface area contributed by atoms with Gasteiger partial charge in [0.05, 0.1) is 29.1 Å². The molecule has 2 N–H and O–H groups in total. The molecule has 0 spiro atoms. The monoisotopic (exact) mass is 538 g/mol. The van der Waals surface area contributed by atoms with E-state index in [1.165, 1.54) is 32.3 Å². The number of fused-ring (bicyclic) bond motifs is 4. The Kier molecular flexibility index (Phi) is 7.82. The minimum atomic E-state index is -0.575. The average molecular weight is 539 g/mol. The van der Waals surface area contributed by atoms with Crippen molar-refractivity contribution in [2.24, 2.45) is 0 Å². The van der Waals surface area contributed by atoms with Crippen molar-refractivity contribution < 1.29 is 23.9 Å². The number of para-hydroxylation sites is 1. The summed E-state index contributed by atoms with van der Waals surface area (Å²) in [5.41, 5.74) is 2.15. The first-order valence-corrected chi connectivity index (χ1v) is 13.6. The number of allylic oxidation sites excluding steroid dienone is 2. The van der Waals surface area contributed by atoms with Gasteiger partial charge in [-0.05, 0) is 30.7 Å². The molecule has 9 nitrogen and oxygen atoms in total. The number of nitrogens with one attached hydrogen (secondary N) is 2. The summed E-state index contributed by atoms with van der Waals surface area (Å²) in [5.74, 6) is -2.02. The maximum absolute atomic E-state index is 13.1. The van der Waals surface area contributed by atoms with Gasteiger partial charge in [0, 0.05) is 29.3 Å². The Bertz CT molecular complexity index is 1680. The number of aromatic nitrogens is 3. The summed E-state index contributed by atoms with van der Waals surface area (Å²) in [7, 11) is 0. The number of hydrogen-bond acceptors (Lipinski definition) is 7. The molecular formula is C31H30N4O5. The zero-order valence-corrected chi connectivity index (χ0v) is 22.5. The third-order valence-electron chi connectivity index (χ3n) is 6.89. The fourth-order valence-electron chi connectivity index (χ4n) is 4.90. The van der Waals surface area contributed by atoms with E-state index in [1.807, 2.05) is 24.3 Å². The van der Waals surface area contributed by atoms with Gasteiger partial charge in [0.25, 0.3) is 0 Å². The van der Waals surface area contributed by atoms with E-state index in [-0.39, 0.29) is 22.6 Å². The van der Waals surface area contributed by atoms with E-state index in [0.29, 0.717) is 23.5 Å². The van der Waals surface area contributed by atoms with Gasteiger partial charge in [-0.3, -0.25) is 14.4 Å². The van der Waals surface area contributed by atoms with E-state index in [0.717, 1.165) is 41.6 Å².